The van der Waals surface area contributed by atoms with E-state index in [9.17, 15) is 57.8 Å². The highest BCUT2D eigenvalue weighted by Crippen LogP contribution is 2.21. The Balaban J connectivity index is 1.88. The number of nitrogens with zero attached hydrogens (tertiary/aromatic N) is 1. The quantitative estimate of drug-likeness (QED) is 0.0311. The Labute approximate surface area is 419 Å². The molecule has 18 N–H and O–H groups in total. The number of carbonyl (C=O) groups is 11. The number of carboxylic acids is 1. The van der Waals surface area contributed by atoms with Gasteiger partial charge in [-0.15, -0.1) is 0 Å². The molecule has 25 nitrogen and oxygen atoms in total. The first kappa shape index (κ1) is 59.0. The topological polar surface area (TPSA) is 434 Å². The second kappa shape index (κ2) is 30.4. The van der Waals surface area contributed by atoms with Crippen LogP contribution in [0.2, 0.25) is 0 Å². The number of phenolic OH excluding ortho intramolecular Hbond substituents is 1. The number of likely N-dealkylation sites (tertiary alicyclic amines) is 1. The summed E-state index contributed by atoms with van der Waals surface area (Å²) in [7, 11) is 0. The van der Waals surface area contributed by atoms with Crippen molar-refractivity contribution in [1.82, 2.24) is 36.8 Å². The molecule has 0 aromatic heterocycles. The van der Waals surface area contributed by atoms with Crippen LogP contribution >= 0.6 is 11.8 Å². The average molecular weight is 1030 g/mol. The summed E-state index contributed by atoms with van der Waals surface area (Å²) in [6.45, 7) is -0.289. The molecule has 7 atom stereocenters. The van der Waals surface area contributed by atoms with Gasteiger partial charge in [0.2, 0.25) is 59.1 Å². The average Bonchev–Trinajstić information content (AvgIpc) is 3.83. The summed E-state index contributed by atoms with van der Waals surface area (Å²) in [4.78, 5) is 145. The minimum absolute atomic E-state index is 0.00202. The van der Waals surface area contributed by atoms with E-state index in [1.807, 2.05) is 0 Å². The number of carboxylic acid groups (broad SMARTS) is 1. The van der Waals surface area contributed by atoms with Gasteiger partial charge in [-0.2, -0.15) is 11.8 Å². The highest BCUT2D eigenvalue weighted by Gasteiger charge is 2.40. The fourth-order valence-electron chi connectivity index (χ4n) is 7.48. The van der Waals surface area contributed by atoms with Crippen molar-refractivity contribution >= 4 is 76.8 Å². The lowest BCUT2D eigenvalue weighted by molar-refractivity contribution is -0.142. The van der Waals surface area contributed by atoms with Crippen molar-refractivity contribution in [3.63, 3.8) is 0 Å². The fourth-order valence-corrected chi connectivity index (χ4v) is 8.40. The third-order valence-electron chi connectivity index (χ3n) is 11.2. The normalized spacial score (nSPS) is 15.5. The summed E-state index contributed by atoms with van der Waals surface area (Å²) in [5, 5.41) is 33.8. The lowest BCUT2D eigenvalue weighted by Gasteiger charge is -2.31. The zero-order valence-corrected chi connectivity index (χ0v) is 40.5. The first-order chi connectivity index (χ1) is 34.2. The minimum atomic E-state index is -1.80. The van der Waals surface area contributed by atoms with E-state index in [0.717, 1.165) is 11.8 Å². The third-order valence-corrected chi connectivity index (χ3v) is 12.2. The number of hydrogen-bond donors (Lipinski definition) is 13. The Morgan fingerprint density at radius 1 is 0.639 bits per heavy atom. The summed E-state index contributed by atoms with van der Waals surface area (Å²) in [5.41, 5.74) is 29.1. The van der Waals surface area contributed by atoms with E-state index < -0.39 is 133 Å². The van der Waals surface area contributed by atoms with E-state index in [2.05, 4.69) is 31.9 Å². The molecule has 2 aromatic carbocycles. The smallest absolute Gasteiger partial charge is 0.304 e. The second-order valence-corrected chi connectivity index (χ2v) is 18.2. The van der Waals surface area contributed by atoms with Crippen molar-refractivity contribution in [2.45, 2.75) is 113 Å². The molecule has 1 saturated heterocycles. The zero-order valence-electron chi connectivity index (χ0n) is 39.7. The van der Waals surface area contributed by atoms with Gasteiger partial charge in [-0.1, -0.05) is 42.5 Å². The van der Waals surface area contributed by atoms with Crippen molar-refractivity contribution in [2.75, 3.05) is 31.1 Å². The summed E-state index contributed by atoms with van der Waals surface area (Å²) in [5.74, 6) is -9.59. The van der Waals surface area contributed by atoms with Gasteiger partial charge in [-0.25, -0.2) is 0 Å². The highest BCUT2D eigenvalue weighted by atomic mass is 32.2. The molecule has 0 spiro atoms. The molecule has 0 unspecified atom stereocenters. The van der Waals surface area contributed by atoms with Crippen molar-refractivity contribution < 1.29 is 63.0 Å². The molecule has 1 fully saturated rings. The highest BCUT2D eigenvalue weighted by molar-refractivity contribution is 7.99. The summed E-state index contributed by atoms with van der Waals surface area (Å²) < 4.78 is 0. The van der Waals surface area contributed by atoms with Crippen LogP contribution in [0.4, 0.5) is 0 Å². The number of phenols is 1. The standard InChI is InChI=1S/C46H66N12O13S/c47-18-4-8-30(41(66)52-25-38(51)62)54-45(70)35-9-5-19-58(35)46(71)32(16-20-72-21-17-39(63)64)55-44(69)34(24-37(50)61)57-42(67)31(14-15-36(49)60)53-43(68)33(23-26-6-2-1-3-7-26)56-40(65)29(48)22-27-10-12-28(59)13-11-27/h1-3,6-7,10-13,29-35,59H,4-5,8-9,14-25,47-48H2,(H2,49,60)(H2,50,61)(H2,51,62)(H,52,66)(H,53,68)(H,54,70)(H,55,69)(H,56,65)(H,57,67)(H,63,64)/t29-,30-,31-,32-,33-,34-,35-/m0/s1. The fraction of sp³-hybridized carbons (Fsp3) is 0.500. The number of benzene rings is 2. The maximum Gasteiger partial charge on any atom is 0.304 e. The lowest BCUT2D eigenvalue weighted by atomic mass is 10.0. The molecule has 10 amide bonds. The molecule has 1 aliphatic rings. The van der Waals surface area contributed by atoms with Crippen molar-refractivity contribution in [2.24, 2.45) is 28.7 Å². The molecule has 26 heteroatoms. The molecule has 0 aliphatic carbocycles. The van der Waals surface area contributed by atoms with Crippen molar-refractivity contribution in [1.29, 1.82) is 0 Å². The molecule has 394 valence electrons. The third kappa shape index (κ3) is 21.0. The van der Waals surface area contributed by atoms with Gasteiger partial charge in [0.05, 0.1) is 25.4 Å². The number of thioether (sulfide) groups is 1. The van der Waals surface area contributed by atoms with Gasteiger partial charge in [0.1, 0.15) is 42.0 Å². The zero-order chi connectivity index (χ0) is 53.3. The van der Waals surface area contributed by atoms with Crippen LogP contribution in [-0.2, 0) is 65.6 Å². The molecule has 72 heavy (non-hydrogen) atoms. The number of amides is 10. The van der Waals surface area contributed by atoms with Gasteiger partial charge in [-0.3, -0.25) is 52.7 Å². The molecule has 1 heterocycles. The SMILES string of the molecule is NCCC[C@H](NC(=O)[C@@H]1CCCN1C(=O)[C@H](CCSCCC(=O)O)NC(=O)[C@H](CC(N)=O)NC(=O)[C@H](CCC(N)=O)NC(=O)[C@H](Cc1ccccc1)NC(=O)[C@@H](N)Cc1ccc(O)cc1)C(=O)NCC(N)=O. The van der Waals surface area contributed by atoms with Crippen LogP contribution in [0.1, 0.15) is 68.9 Å². The van der Waals surface area contributed by atoms with Crippen LogP contribution < -0.4 is 60.6 Å². The van der Waals surface area contributed by atoms with Gasteiger partial charge < -0.3 is 75.7 Å². The molecular weight excluding hydrogens is 961 g/mol. The lowest BCUT2D eigenvalue weighted by Crippen LogP contribution is -2.60. The van der Waals surface area contributed by atoms with E-state index in [-0.39, 0.29) is 68.9 Å². The van der Waals surface area contributed by atoms with E-state index in [0.29, 0.717) is 24.0 Å². The second-order valence-electron chi connectivity index (χ2n) is 17.0. The first-order valence-electron chi connectivity index (χ1n) is 23.2. The van der Waals surface area contributed by atoms with Crippen LogP contribution in [0, 0.1) is 0 Å². The molecular formula is C46H66N12O13S. The van der Waals surface area contributed by atoms with E-state index in [1.54, 1.807) is 42.5 Å². The Kier molecular flexibility index (Phi) is 24.9. The van der Waals surface area contributed by atoms with E-state index in [4.69, 9.17) is 33.8 Å². The van der Waals surface area contributed by atoms with Crippen LogP contribution in [0.25, 0.3) is 0 Å². The van der Waals surface area contributed by atoms with Crippen molar-refractivity contribution in [3.8, 4) is 5.75 Å². The molecule has 3 rings (SSSR count). The number of primary amides is 3. The van der Waals surface area contributed by atoms with Gasteiger partial charge in [0.25, 0.3) is 0 Å². The number of aromatic hydroxyl groups is 1. The number of carbonyl (C=O) groups excluding carboxylic acids is 10. The maximum atomic E-state index is 14.4. The van der Waals surface area contributed by atoms with Gasteiger partial charge in [0.15, 0.2) is 0 Å². The molecule has 0 bridgehead atoms. The molecule has 0 saturated carbocycles. The number of aliphatic carboxylic acids is 1. The van der Waals surface area contributed by atoms with Gasteiger partial charge in [-0.05, 0) is 80.5 Å². The maximum absolute atomic E-state index is 14.4. The Morgan fingerprint density at radius 2 is 1.24 bits per heavy atom. The monoisotopic (exact) mass is 1030 g/mol. The summed E-state index contributed by atoms with van der Waals surface area (Å²) >= 11 is 1.15. The Bertz CT molecular complexity index is 2220. The Hall–Kier alpha value is -7.32. The number of nitrogens with two attached hydrogens (primary N) is 5. The largest absolute Gasteiger partial charge is 0.508 e. The van der Waals surface area contributed by atoms with Crippen LogP contribution in [0.3, 0.4) is 0 Å². The van der Waals surface area contributed by atoms with Crippen LogP contribution in [0.5, 0.6) is 5.75 Å². The number of nitrogens with one attached hydrogen (secondary N) is 6. The summed E-state index contributed by atoms with van der Waals surface area (Å²) in [6, 6.07) is 4.84. The number of hydrogen-bond acceptors (Lipinski definition) is 15. The van der Waals surface area contributed by atoms with Gasteiger partial charge in [0, 0.05) is 25.1 Å². The number of rotatable bonds is 32. The molecule has 1 aliphatic heterocycles. The predicted octanol–water partition coefficient (Wildman–Crippen LogP) is -4.00. The Morgan fingerprint density at radius 3 is 1.86 bits per heavy atom. The van der Waals surface area contributed by atoms with Crippen LogP contribution in [0.15, 0.2) is 54.6 Å². The van der Waals surface area contributed by atoms with E-state index >= 15 is 0 Å². The molecule has 0 radical (unpaired) electrons. The predicted molar refractivity (Wildman–Crippen MR) is 261 cm³/mol. The molecule has 2 aromatic rings. The summed E-state index contributed by atoms with van der Waals surface area (Å²) in [6.07, 6.45) is -1.23. The first-order valence-corrected chi connectivity index (χ1v) is 24.4. The van der Waals surface area contributed by atoms with Crippen molar-refractivity contribution in [3.05, 3.63) is 65.7 Å². The minimum Gasteiger partial charge on any atom is -0.508 e. The van der Waals surface area contributed by atoms with Crippen LogP contribution in [-0.4, -0.2) is 154 Å². The van der Waals surface area contributed by atoms with E-state index in [1.165, 1.54) is 17.0 Å². The van der Waals surface area contributed by atoms with Gasteiger partial charge >= 0.3 is 5.97 Å².